The maximum absolute atomic E-state index is 5.92. The van der Waals surface area contributed by atoms with Crippen LogP contribution in [-0.2, 0) is 0 Å². The Balaban J connectivity index is 2.45. The zero-order chi connectivity index (χ0) is 14.7. The van der Waals surface area contributed by atoms with Crippen LogP contribution in [0.1, 0.15) is 31.2 Å². The van der Waals surface area contributed by atoms with E-state index in [0.717, 1.165) is 14.9 Å². The van der Waals surface area contributed by atoms with E-state index in [4.69, 9.17) is 10.6 Å². The van der Waals surface area contributed by atoms with Gasteiger partial charge in [-0.1, -0.05) is 26.0 Å². The second kappa shape index (κ2) is 6.36. The lowest BCUT2D eigenvalue weighted by Crippen LogP contribution is -2.13. The number of hydrazine groups is 1. The maximum Gasteiger partial charge on any atom is 0.227 e. The molecular weight excluding hydrogens is 367 g/mol. The summed E-state index contributed by atoms with van der Waals surface area (Å²) in [5, 5.41) is 0. The Morgan fingerprint density at radius 3 is 2.55 bits per heavy atom. The Bertz CT molecular complexity index is 616. The predicted molar refractivity (Wildman–Crippen MR) is 87.9 cm³/mol. The molecule has 0 atom stereocenters. The zero-order valence-corrected chi connectivity index (χ0v) is 13.8. The third kappa shape index (κ3) is 3.18. The molecule has 0 spiro atoms. The molecule has 6 heteroatoms. The molecule has 0 saturated carbocycles. The van der Waals surface area contributed by atoms with Crippen LogP contribution in [0.15, 0.2) is 24.3 Å². The van der Waals surface area contributed by atoms with Gasteiger partial charge in [-0.15, -0.1) is 0 Å². The molecule has 2 rings (SSSR count). The molecular formula is C14H17IN4O. The van der Waals surface area contributed by atoms with Crippen molar-refractivity contribution in [1.29, 1.82) is 0 Å². The standard InChI is InChI=1S/C14H17IN4O/c1-8(2)12-17-13(19-16)9(3)14(18-12)20-11-7-5-4-6-10(11)15/h4-8H,16H2,1-3H3,(H,17,18,19). The van der Waals surface area contributed by atoms with Crippen molar-refractivity contribution in [3.8, 4) is 11.6 Å². The van der Waals surface area contributed by atoms with Crippen LogP contribution in [0.3, 0.4) is 0 Å². The topological polar surface area (TPSA) is 73.1 Å². The van der Waals surface area contributed by atoms with E-state index in [-0.39, 0.29) is 5.92 Å². The summed E-state index contributed by atoms with van der Waals surface area (Å²) in [6.07, 6.45) is 0. The molecule has 106 valence electrons. The van der Waals surface area contributed by atoms with Gasteiger partial charge in [-0.2, -0.15) is 4.98 Å². The number of halogens is 1. The molecule has 0 aliphatic heterocycles. The van der Waals surface area contributed by atoms with Gasteiger partial charge in [-0.05, 0) is 41.6 Å². The molecule has 3 N–H and O–H groups in total. The van der Waals surface area contributed by atoms with Crippen molar-refractivity contribution >= 4 is 28.4 Å². The first kappa shape index (κ1) is 15.0. The molecule has 0 amide bonds. The number of hydrogen-bond donors (Lipinski definition) is 2. The third-order valence-electron chi connectivity index (χ3n) is 2.81. The first-order valence-corrected chi connectivity index (χ1v) is 7.38. The largest absolute Gasteiger partial charge is 0.437 e. The van der Waals surface area contributed by atoms with Crippen molar-refractivity contribution in [2.24, 2.45) is 5.84 Å². The van der Waals surface area contributed by atoms with Gasteiger partial charge >= 0.3 is 0 Å². The first-order chi connectivity index (χ1) is 9.52. The van der Waals surface area contributed by atoms with E-state index in [9.17, 15) is 0 Å². The lowest BCUT2D eigenvalue weighted by molar-refractivity contribution is 0.450. The second-order valence-corrected chi connectivity index (χ2v) is 5.85. The Kier molecular flexibility index (Phi) is 4.77. The van der Waals surface area contributed by atoms with Gasteiger partial charge in [0.2, 0.25) is 5.88 Å². The lowest BCUT2D eigenvalue weighted by atomic mass is 10.2. The summed E-state index contributed by atoms with van der Waals surface area (Å²) in [7, 11) is 0. The minimum atomic E-state index is 0.194. The fourth-order valence-corrected chi connectivity index (χ4v) is 2.14. The minimum absolute atomic E-state index is 0.194. The van der Waals surface area contributed by atoms with E-state index in [1.807, 2.05) is 45.0 Å². The van der Waals surface area contributed by atoms with E-state index in [0.29, 0.717) is 17.5 Å². The van der Waals surface area contributed by atoms with Gasteiger partial charge in [0.15, 0.2) is 5.82 Å². The highest BCUT2D eigenvalue weighted by Gasteiger charge is 2.15. The molecule has 1 aromatic carbocycles. The monoisotopic (exact) mass is 384 g/mol. The first-order valence-electron chi connectivity index (χ1n) is 6.30. The lowest BCUT2D eigenvalue weighted by Gasteiger charge is -2.14. The molecule has 0 radical (unpaired) electrons. The summed E-state index contributed by atoms with van der Waals surface area (Å²) in [6, 6.07) is 7.79. The normalized spacial score (nSPS) is 10.7. The van der Waals surface area contributed by atoms with Crippen molar-refractivity contribution in [3.63, 3.8) is 0 Å². The highest BCUT2D eigenvalue weighted by atomic mass is 127. The number of nitrogens with two attached hydrogens (primary N) is 1. The molecule has 2 aromatic rings. The number of nitrogens with one attached hydrogen (secondary N) is 1. The molecule has 1 heterocycles. The molecule has 0 aliphatic carbocycles. The average molecular weight is 384 g/mol. The number of ether oxygens (including phenoxy) is 1. The average Bonchev–Trinajstić information content (AvgIpc) is 2.43. The van der Waals surface area contributed by atoms with Crippen LogP contribution in [-0.4, -0.2) is 9.97 Å². The molecule has 1 aromatic heterocycles. The van der Waals surface area contributed by atoms with E-state index >= 15 is 0 Å². The second-order valence-electron chi connectivity index (χ2n) is 4.69. The maximum atomic E-state index is 5.92. The van der Waals surface area contributed by atoms with E-state index in [2.05, 4.69) is 38.0 Å². The molecule has 20 heavy (non-hydrogen) atoms. The predicted octanol–water partition coefficient (Wildman–Crippen LogP) is 3.59. The van der Waals surface area contributed by atoms with Gasteiger partial charge in [-0.3, -0.25) is 0 Å². The smallest absolute Gasteiger partial charge is 0.227 e. The van der Waals surface area contributed by atoms with Crippen LogP contribution in [0.25, 0.3) is 0 Å². The molecule has 0 unspecified atom stereocenters. The van der Waals surface area contributed by atoms with Crippen LogP contribution in [0.2, 0.25) is 0 Å². The van der Waals surface area contributed by atoms with Crippen molar-refractivity contribution in [1.82, 2.24) is 9.97 Å². The van der Waals surface area contributed by atoms with E-state index in [1.165, 1.54) is 0 Å². The van der Waals surface area contributed by atoms with E-state index in [1.54, 1.807) is 0 Å². The van der Waals surface area contributed by atoms with Crippen molar-refractivity contribution in [2.75, 3.05) is 5.43 Å². The van der Waals surface area contributed by atoms with Gasteiger partial charge in [0, 0.05) is 5.92 Å². The Labute approximate surface area is 132 Å². The summed E-state index contributed by atoms with van der Waals surface area (Å²) in [6.45, 7) is 5.94. The summed E-state index contributed by atoms with van der Waals surface area (Å²) in [4.78, 5) is 8.87. The molecule has 0 bridgehead atoms. The van der Waals surface area contributed by atoms with Crippen LogP contribution in [0, 0.1) is 10.5 Å². The number of nitrogens with zero attached hydrogens (tertiary/aromatic N) is 2. The molecule has 5 nitrogen and oxygen atoms in total. The van der Waals surface area contributed by atoms with Gasteiger partial charge in [0.25, 0.3) is 0 Å². The summed E-state index contributed by atoms with van der Waals surface area (Å²) >= 11 is 2.23. The molecule has 0 fully saturated rings. The third-order valence-corrected chi connectivity index (χ3v) is 3.71. The fourth-order valence-electron chi connectivity index (χ4n) is 1.64. The van der Waals surface area contributed by atoms with Gasteiger partial charge in [-0.25, -0.2) is 10.8 Å². The van der Waals surface area contributed by atoms with Crippen LogP contribution >= 0.6 is 22.6 Å². The van der Waals surface area contributed by atoms with Crippen molar-refractivity contribution in [2.45, 2.75) is 26.7 Å². The summed E-state index contributed by atoms with van der Waals surface area (Å²) in [5.41, 5.74) is 3.39. The number of aromatic nitrogens is 2. The number of nitrogen functional groups attached to an aromatic ring is 1. The Morgan fingerprint density at radius 2 is 1.95 bits per heavy atom. The number of benzene rings is 1. The highest BCUT2D eigenvalue weighted by Crippen LogP contribution is 2.30. The number of para-hydroxylation sites is 1. The van der Waals surface area contributed by atoms with Gasteiger partial charge in [0.05, 0.1) is 9.13 Å². The molecule has 0 aliphatic rings. The van der Waals surface area contributed by atoms with Crippen LogP contribution < -0.4 is 16.0 Å². The SMILES string of the molecule is Cc1c(NN)nc(C(C)C)nc1Oc1ccccc1I. The number of hydrogen-bond acceptors (Lipinski definition) is 5. The van der Waals surface area contributed by atoms with Crippen LogP contribution in [0.5, 0.6) is 11.6 Å². The van der Waals surface area contributed by atoms with Crippen molar-refractivity contribution in [3.05, 3.63) is 39.2 Å². The molecule has 0 saturated heterocycles. The highest BCUT2D eigenvalue weighted by molar-refractivity contribution is 14.1. The number of rotatable bonds is 4. The van der Waals surface area contributed by atoms with Gasteiger partial charge < -0.3 is 10.2 Å². The van der Waals surface area contributed by atoms with E-state index < -0.39 is 0 Å². The number of anilines is 1. The summed E-state index contributed by atoms with van der Waals surface area (Å²) < 4.78 is 6.94. The quantitative estimate of drug-likeness (QED) is 0.479. The van der Waals surface area contributed by atoms with Crippen LogP contribution in [0.4, 0.5) is 5.82 Å². The Morgan fingerprint density at radius 1 is 1.25 bits per heavy atom. The zero-order valence-electron chi connectivity index (χ0n) is 11.6. The van der Waals surface area contributed by atoms with Crippen molar-refractivity contribution < 1.29 is 4.74 Å². The minimum Gasteiger partial charge on any atom is -0.437 e. The fraction of sp³-hybridized carbons (Fsp3) is 0.286. The summed E-state index contributed by atoms with van der Waals surface area (Å²) in [5.74, 6) is 8.29. The Hall–Kier alpha value is -1.41. The van der Waals surface area contributed by atoms with Gasteiger partial charge in [0.1, 0.15) is 11.6 Å².